The number of hydrogen-bond donors (Lipinski definition) is 0. The summed E-state index contributed by atoms with van der Waals surface area (Å²) >= 11 is 0. The maximum absolute atomic E-state index is 12.7. The maximum Gasteiger partial charge on any atom is 0.270 e. The van der Waals surface area contributed by atoms with E-state index in [1.807, 2.05) is 0 Å². The van der Waals surface area contributed by atoms with Gasteiger partial charge in [-0.25, -0.2) is 8.42 Å². The van der Waals surface area contributed by atoms with Crippen LogP contribution in [0.3, 0.4) is 0 Å². The molecule has 0 spiro atoms. The summed E-state index contributed by atoms with van der Waals surface area (Å²) in [4.78, 5) is 10.3. The second-order valence-electron chi connectivity index (χ2n) is 6.17. The number of hydrogen-bond acceptors (Lipinski definition) is 4. The molecule has 1 saturated heterocycles. The molecule has 2 aliphatic rings. The van der Waals surface area contributed by atoms with Gasteiger partial charge in [-0.15, -0.1) is 0 Å². The van der Waals surface area contributed by atoms with E-state index in [2.05, 4.69) is 24.3 Å². The van der Waals surface area contributed by atoms with Gasteiger partial charge in [0.1, 0.15) is 0 Å². The largest absolute Gasteiger partial charge is 0.270 e. The van der Waals surface area contributed by atoms with Crippen molar-refractivity contribution in [2.24, 2.45) is 11.8 Å². The zero-order chi connectivity index (χ0) is 17.2. The van der Waals surface area contributed by atoms with E-state index in [-0.39, 0.29) is 10.6 Å². The minimum atomic E-state index is -3.68. The van der Waals surface area contributed by atoms with Crippen LogP contribution in [0.4, 0.5) is 5.69 Å². The number of nitrogens with zero attached hydrogens (tertiary/aromatic N) is 2. The monoisotopic (exact) mass is 348 g/mol. The van der Waals surface area contributed by atoms with Gasteiger partial charge >= 0.3 is 0 Å². The summed E-state index contributed by atoms with van der Waals surface area (Å²) in [5.74, 6) is 0.843. The summed E-state index contributed by atoms with van der Waals surface area (Å²) in [6, 6.07) is 5.26. The molecule has 24 heavy (non-hydrogen) atoms. The predicted octanol–water partition coefficient (Wildman–Crippen LogP) is 3.13. The van der Waals surface area contributed by atoms with Crippen molar-refractivity contribution in [3.05, 3.63) is 58.7 Å². The first-order valence-corrected chi connectivity index (χ1v) is 9.50. The molecule has 0 unspecified atom stereocenters. The average molecular weight is 348 g/mol. The summed E-state index contributed by atoms with van der Waals surface area (Å²) in [6.45, 7) is 0.905. The van der Waals surface area contributed by atoms with Gasteiger partial charge < -0.3 is 0 Å². The van der Waals surface area contributed by atoms with E-state index in [1.165, 1.54) is 22.5 Å². The van der Waals surface area contributed by atoms with Crippen LogP contribution in [0.1, 0.15) is 19.3 Å². The average Bonchev–Trinajstić information content (AvgIpc) is 2.62. The molecule has 0 bridgehead atoms. The van der Waals surface area contributed by atoms with E-state index < -0.39 is 14.9 Å². The third-order valence-electron chi connectivity index (χ3n) is 4.70. The summed E-state index contributed by atoms with van der Waals surface area (Å²) in [5.41, 5.74) is -0.205. The smallest absolute Gasteiger partial charge is 0.258 e. The molecule has 0 atom stereocenters. The van der Waals surface area contributed by atoms with Crippen molar-refractivity contribution in [3.63, 3.8) is 0 Å². The number of nitro benzene ring substituents is 1. The molecule has 0 amide bonds. The Morgan fingerprint density at radius 2 is 1.79 bits per heavy atom. The molecule has 0 N–H and O–H groups in total. The minimum Gasteiger partial charge on any atom is -0.258 e. The Hall–Kier alpha value is -1.99. The van der Waals surface area contributed by atoms with Crippen molar-refractivity contribution in [1.82, 2.24) is 4.31 Å². The highest BCUT2D eigenvalue weighted by Crippen LogP contribution is 2.31. The summed E-state index contributed by atoms with van der Waals surface area (Å²) < 4.78 is 26.9. The lowest BCUT2D eigenvalue weighted by Gasteiger charge is -2.34. The predicted molar refractivity (Wildman–Crippen MR) is 91.0 cm³/mol. The molecular weight excluding hydrogens is 328 g/mol. The molecule has 128 valence electrons. The van der Waals surface area contributed by atoms with Crippen LogP contribution in [0.2, 0.25) is 0 Å². The Morgan fingerprint density at radius 1 is 1.12 bits per heavy atom. The van der Waals surface area contributed by atoms with E-state index in [0.29, 0.717) is 24.9 Å². The molecule has 1 aromatic carbocycles. The van der Waals surface area contributed by atoms with Crippen molar-refractivity contribution in [3.8, 4) is 0 Å². The second kappa shape index (κ2) is 6.86. The van der Waals surface area contributed by atoms with E-state index in [9.17, 15) is 18.5 Å². The Bertz CT molecular complexity index is 766. The Morgan fingerprint density at radius 3 is 2.42 bits per heavy atom. The third-order valence-corrected chi connectivity index (χ3v) is 6.59. The standard InChI is InChI=1S/C17H20N2O4S/c20-19(21)16-7-4-8-17(13-16)24(22,23)18-11-9-15(10-12-18)14-5-2-1-3-6-14/h2-8,13-15H,1,9-12H2. The van der Waals surface area contributed by atoms with Gasteiger partial charge in [0.2, 0.25) is 10.0 Å². The molecule has 0 aromatic heterocycles. The molecule has 0 saturated carbocycles. The molecule has 1 aliphatic heterocycles. The molecule has 6 nitrogen and oxygen atoms in total. The van der Waals surface area contributed by atoms with Gasteiger partial charge in [0.15, 0.2) is 0 Å². The van der Waals surface area contributed by atoms with Crippen LogP contribution in [0, 0.1) is 22.0 Å². The number of rotatable bonds is 4. The highest BCUT2D eigenvalue weighted by atomic mass is 32.2. The first-order valence-electron chi connectivity index (χ1n) is 8.06. The van der Waals surface area contributed by atoms with Crippen LogP contribution in [0.25, 0.3) is 0 Å². The lowest BCUT2D eigenvalue weighted by molar-refractivity contribution is -0.385. The summed E-state index contributed by atoms with van der Waals surface area (Å²) in [6.07, 6.45) is 11.3. The highest BCUT2D eigenvalue weighted by Gasteiger charge is 2.32. The molecule has 0 radical (unpaired) electrons. The number of allylic oxidation sites excluding steroid dienone is 4. The van der Waals surface area contributed by atoms with Gasteiger partial charge in [-0.1, -0.05) is 30.4 Å². The van der Waals surface area contributed by atoms with Crippen LogP contribution < -0.4 is 0 Å². The van der Waals surface area contributed by atoms with Gasteiger partial charge in [0.05, 0.1) is 9.82 Å². The number of sulfonamides is 1. The number of piperidine rings is 1. The van der Waals surface area contributed by atoms with E-state index in [0.717, 1.165) is 25.3 Å². The zero-order valence-corrected chi connectivity index (χ0v) is 14.1. The fourth-order valence-electron chi connectivity index (χ4n) is 3.34. The maximum atomic E-state index is 12.7. The SMILES string of the molecule is O=[N+]([O-])c1cccc(S(=O)(=O)N2CCC(C3C=CCC=C3)CC2)c1. The molecule has 3 rings (SSSR count). The fraction of sp³-hybridized carbons (Fsp3) is 0.412. The number of benzene rings is 1. The number of non-ortho nitro benzene ring substituents is 1. The summed E-state index contributed by atoms with van der Waals surface area (Å²) in [5, 5.41) is 10.9. The van der Waals surface area contributed by atoms with E-state index in [4.69, 9.17) is 0 Å². The third kappa shape index (κ3) is 3.42. The highest BCUT2D eigenvalue weighted by molar-refractivity contribution is 7.89. The molecule has 7 heteroatoms. The topological polar surface area (TPSA) is 80.5 Å². The summed E-state index contributed by atoms with van der Waals surface area (Å²) in [7, 11) is -3.68. The second-order valence-corrected chi connectivity index (χ2v) is 8.10. The van der Waals surface area contributed by atoms with Crippen molar-refractivity contribution >= 4 is 15.7 Å². The Kier molecular flexibility index (Phi) is 4.82. The van der Waals surface area contributed by atoms with Gasteiger partial charge in [0.25, 0.3) is 5.69 Å². The molecule has 1 aliphatic carbocycles. The van der Waals surface area contributed by atoms with Crippen molar-refractivity contribution in [1.29, 1.82) is 0 Å². The van der Waals surface area contributed by atoms with Crippen LogP contribution in [-0.4, -0.2) is 30.7 Å². The van der Waals surface area contributed by atoms with Crippen molar-refractivity contribution < 1.29 is 13.3 Å². The van der Waals surface area contributed by atoms with E-state index in [1.54, 1.807) is 0 Å². The van der Waals surface area contributed by atoms with Crippen LogP contribution in [0.5, 0.6) is 0 Å². The van der Waals surface area contributed by atoms with E-state index >= 15 is 0 Å². The van der Waals surface area contributed by atoms with Gasteiger partial charge in [0, 0.05) is 25.2 Å². The first kappa shape index (κ1) is 16.9. The molecule has 1 fully saturated rings. The van der Waals surface area contributed by atoms with Gasteiger partial charge in [-0.3, -0.25) is 10.1 Å². The fourth-order valence-corrected chi connectivity index (χ4v) is 4.85. The lowest BCUT2D eigenvalue weighted by Crippen LogP contribution is -2.39. The lowest BCUT2D eigenvalue weighted by atomic mass is 9.83. The van der Waals surface area contributed by atoms with Gasteiger partial charge in [-0.05, 0) is 37.2 Å². The van der Waals surface area contributed by atoms with Gasteiger partial charge in [-0.2, -0.15) is 4.31 Å². The zero-order valence-electron chi connectivity index (χ0n) is 13.2. The van der Waals surface area contributed by atoms with Crippen LogP contribution in [-0.2, 0) is 10.0 Å². The van der Waals surface area contributed by atoms with Crippen LogP contribution >= 0.6 is 0 Å². The Balaban J connectivity index is 1.72. The first-order chi connectivity index (χ1) is 11.5. The molecular formula is C17H20N2O4S. The normalized spacial score (nSPS) is 20.3. The Labute approximate surface area is 141 Å². The van der Waals surface area contributed by atoms with Crippen LogP contribution in [0.15, 0.2) is 53.5 Å². The van der Waals surface area contributed by atoms with Crippen molar-refractivity contribution in [2.75, 3.05) is 13.1 Å². The van der Waals surface area contributed by atoms with Crippen molar-refractivity contribution in [2.45, 2.75) is 24.2 Å². The minimum absolute atomic E-state index is 0.00684. The molecule has 1 heterocycles. The number of nitro groups is 1. The quantitative estimate of drug-likeness (QED) is 0.476. The molecule has 1 aromatic rings.